The number of nitrogens with zero attached hydrogens (tertiary/aromatic N) is 2. The lowest BCUT2D eigenvalue weighted by atomic mass is 10.2. The second kappa shape index (κ2) is 6.75. The van der Waals surface area contributed by atoms with E-state index in [2.05, 4.69) is 10.2 Å². The second-order valence-electron chi connectivity index (χ2n) is 5.32. The van der Waals surface area contributed by atoms with Gasteiger partial charge in [-0.05, 0) is 51.7 Å². The number of hydrogen-bond acceptors (Lipinski definition) is 3. The first-order valence-corrected chi connectivity index (χ1v) is 7.18. The highest BCUT2D eigenvalue weighted by Crippen LogP contribution is 2.17. The Morgan fingerprint density at radius 2 is 1.89 bits per heavy atom. The molecule has 0 saturated carbocycles. The molecule has 0 unspecified atom stereocenters. The van der Waals surface area contributed by atoms with Crippen molar-refractivity contribution in [2.75, 3.05) is 32.7 Å². The van der Waals surface area contributed by atoms with Crippen LogP contribution in [-0.4, -0.2) is 65.7 Å². The van der Waals surface area contributed by atoms with Crippen molar-refractivity contribution >= 4 is 12.0 Å². The van der Waals surface area contributed by atoms with Crippen LogP contribution in [0.1, 0.15) is 32.1 Å². The molecule has 2 aliphatic heterocycles. The number of rotatable bonds is 5. The van der Waals surface area contributed by atoms with E-state index >= 15 is 0 Å². The highest BCUT2D eigenvalue weighted by atomic mass is 16.4. The molecule has 0 aromatic rings. The van der Waals surface area contributed by atoms with Crippen LogP contribution in [0.2, 0.25) is 0 Å². The lowest BCUT2D eigenvalue weighted by Crippen LogP contribution is -2.46. The molecular weight excluding hydrogens is 246 g/mol. The van der Waals surface area contributed by atoms with E-state index in [9.17, 15) is 9.59 Å². The van der Waals surface area contributed by atoms with E-state index in [0.29, 0.717) is 19.5 Å². The summed E-state index contributed by atoms with van der Waals surface area (Å²) in [7, 11) is 0. The Morgan fingerprint density at radius 1 is 1.16 bits per heavy atom. The largest absolute Gasteiger partial charge is 0.480 e. The van der Waals surface area contributed by atoms with E-state index in [-0.39, 0.29) is 6.03 Å². The molecule has 2 saturated heterocycles. The highest BCUT2D eigenvalue weighted by molar-refractivity contribution is 5.83. The summed E-state index contributed by atoms with van der Waals surface area (Å²) >= 11 is 0. The lowest BCUT2D eigenvalue weighted by molar-refractivity contribution is -0.141. The molecule has 2 N–H and O–H groups in total. The molecule has 0 aliphatic carbocycles. The van der Waals surface area contributed by atoms with E-state index in [1.165, 1.54) is 30.8 Å². The number of hydrogen-bond donors (Lipinski definition) is 2. The predicted molar refractivity (Wildman–Crippen MR) is 71.1 cm³/mol. The molecular formula is C13H23N3O3. The molecule has 6 heteroatoms. The van der Waals surface area contributed by atoms with Gasteiger partial charge < -0.3 is 20.2 Å². The molecule has 0 spiro atoms. The van der Waals surface area contributed by atoms with Gasteiger partial charge in [-0.1, -0.05) is 0 Å². The average Bonchev–Trinajstić information content (AvgIpc) is 3.04. The molecule has 2 aliphatic rings. The van der Waals surface area contributed by atoms with Crippen LogP contribution < -0.4 is 5.32 Å². The van der Waals surface area contributed by atoms with Gasteiger partial charge in [0.2, 0.25) is 0 Å². The normalized spacial score (nSPS) is 23.8. The Morgan fingerprint density at radius 3 is 2.58 bits per heavy atom. The van der Waals surface area contributed by atoms with Crippen LogP contribution in [0, 0.1) is 0 Å². The van der Waals surface area contributed by atoms with Crippen molar-refractivity contribution in [2.24, 2.45) is 0 Å². The minimum atomic E-state index is -0.898. The zero-order chi connectivity index (χ0) is 13.7. The monoisotopic (exact) mass is 269 g/mol. The first kappa shape index (κ1) is 14.1. The van der Waals surface area contributed by atoms with Crippen molar-refractivity contribution in [1.82, 2.24) is 15.1 Å². The van der Waals surface area contributed by atoms with Crippen molar-refractivity contribution in [3.8, 4) is 0 Å². The summed E-state index contributed by atoms with van der Waals surface area (Å²) < 4.78 is 0. The maximum Gasteiger partial charge on any atom is 0.326 e. The first-order chi connectivity index (χ1) is 9.18. The standard InChI is InChI=1S/C13H23N3O3/c17-12(18)11-5-3-10-16(11)13(19)14-6-4-9-15-7-1-2-8-15/h11H,1-10H2,(H,14,19)(H,17,18)/t11-/m1/s1. The number of carboxylic acids is 1. The molecule has 6 nitrogen and oxygen atoms in total. The first-order valence-electron chi connectivity index (χ1n) is 7.18. The maximum absolute atomic E-state index is 11.9. The molecule has 2 amide bonds. The molecule has 2 fully saturated rings. The molecule has 108 valence electrons. The molecule has 19 heavy (non-hydrogen) atoms. The van der Waals surface area contributed by atoms with Crippen LogP contribution in [-0.2, 0) is 4.79 Å². The third-order valence-electron chi connectivity index (χ3n) is 3.92. The summed E-state index contributed by atoms with van der Waals surface area (Å²) in [6.07, 6.45) is 4.83. The number of likely N-dealkylation sites (tertiary alicyclic amines) is 2. The molecule has 2 heterocycles. The fraction of sp³-hybridized carbons (Fsp3) is 0.846. The van der Waals surface area contributed by atoms with Crippen LogP contribution in [0.5, 0.6) is 0 Å². The average molecular weight is 269 g/mol. The van der Waals surface area contributed by atoms with Gasteiger partial charge in [0, 0.05) is 13.1 Å². The minimum absolute atomic E-state index is 0.230. The minimum Gasteiger partial charge on any atom is -0.480 e. The summed E-state index contributed by atoms with van der Waals surface area (Å²) in [5.74, 6) is -0.898. The third-order valence-corrected chi connectivity index (χ3v) is 3.92. The number of carbonyl (C=O) groups excluding carboxylic acids is 1. The highest BCUT2D eigenvalue weighted by Gasteiger charge is 2.33. The molecule has 2 rings (SSSR count). The van der Waals surface area contributed by atoms with E-state index in [0.717, 1.165) is 19.4 Å². The van der Waals surface area contributed by atoms with Crippen molar-refractivity contribution in [3.05, 3.63) is 0 Å². The van der Waals surface area contributed by atoms with Crippen LogP contribution in [0.3, 0.4) is 0 Å². The zero-order valence-electron chi connectivity index (χ0n) is 11.3. The molecule has 0 aromatic heterocycles. The van der Waals surface area contributed by atoms with Crippen LogP contribution in [0.15, 0.2) is 0 Å². The second-order valence-corrected chi connectivity index (χ2v) is 5.32. The number of carboxylic acid groups (broad SMARTS) is 1. The quantitative estimate of drug-likeness (QED) is 0.722. The zero-order valence-corrected chi connectivity index (χ0v) is 11.3. The van der Waals surface area contributed by atoms with Gasteiger partial charge in [0.25, 0.3) is 0 Å². The molecule has 0 radical (unpaired) electrons. The van der Waals surface area contributed by atoms with E-state index < -0.39 is 12.0 Å². The predicted octanol–water partition coefficient (Wildman–Crippen LogP) is 0.731. The topological polar surface area (TPSA) is 72.9 Å². The number of urea groups is 1. The van der Waals surface area contributed by atoms with Gasteiger partial charge in [0.15, 0.2) is 0 Å². The Kier molecular flexibility index (Phi) is 5.01. The van der Waals surface area contributed by atoms with Gasteiger partial charge in [-0.15, -0.1) is 0 Å². The summed E-state index contributed by atoms with van der Waals surface area (Å²) in [4.78, 5) is 26.7. The molecule has 0 aromatic carbocycles. The van der Waals surface area contributed by atoms with E-state index in [4.69, 9.17) is 5.11 Å². The Labute approximate surface area is 113 Å². The van der Waals surface area contributed by atoms with Crippen LogP contribution in [0.4, 0.5) is 4.79 Å². The van der Waals surface area contributed by atoms with Crippen molar-refractivity contribution in [2.45, 2.75) is 38.1 Å². The smallest absolute Gasteiger partial charge is 0.326 e. The van der Waals surface area contributed by atoms with Crippen molar-refractivity contribution in [1.29, 1.82) is 0 Å². The molecule has 1 atom stereocenters. The summed E-state index contributed by atoms with van der Waals surface area (Å²) in [6, 6.07) is -0.870. The Hall–Kier alpha value is -1.30. The number of amides is 2. The number of aliphatic carboxylic acids is 1. The maximum atomic E-state index is 11.9. The van der Waals surface area contributed by atoms with Gasteiger partial charge in [0.05, 0.1) is 0 Å². The summed E-state index contributed by atoms with van der Waals surface area (Å²) in [6.45, 7) is 4.53. The third kappa shape index (κ3) is 3.83. The fourth-order valence-electron chi connectivity index (χ4n) is 2.87. The number of nitrogens with one attached hydrogen (secondary N) is 1. The van der Waals surface area contributed by atoms with Gasteiger partial charge in [-0.2, -0.15) is 0 Å². The summed E-state index contributed by atoms with van der Waals surface area (Å²) in [5.41, 5.74) is 0. The van der Waals surface area contributed by atoms with Gasteiger partial charge in [-0.3, -0.25) is 0 Å². The fourth-order valence-corrected chi connectivity index (χ4v) is 2.87. The Bertz CT molecular complexity index is 329. The molecule has 0 bridgehead atoms. The van der Waals surface area contributed by atoms with Gasteiger partial charge >= 0.3 is 12.0 Å². The summed E-state index contributed by atoms with van der Waals surface area (Å²) in [5, 5.41) is 11.8. The lowest BCUT2D eigenvalue weighted by Gasteiger charge is -2.22. The van der Waals surface area contributed by atoms with Crippen LogP contribution in [0.25, 0.3) is 0 Å². The van der Waals surface area contributed by atoms with Crippen molar-refractivity contribution < 1.29 is 14.7 Å². The Balaban J connectivity index is 1.64. The number of carbonyl (C=O) groups is 2. The van der Waals surface area contributed by atoms with Gasteiger partial charge in [-0.25, -0.2) is 9.59 Å². The van der Waals surface area contributed by atoms with E-state index in [1.54, 1.807) is 0 Å². The SMILES string of the molecule is O=C(O)[C@H]1CCCN1C(=O)NCCCN1CCCC1. The van der Waals surface area contributed by atoms with Gasteiger partial charge in [0.1, 0.15) is 6.04 Å². The van der Waals surface area contributed by atoms with Crippen molar-refractivity contribution in [3.63, 3.8) is 0 Å². The van der Waals surface area contributed by atoms with E-state index in [1.807, 2.05) is 0 Å². The van der Waals surface area contributed by atoms with Crippen LogP contribution >= 0.6 is 0 Å².